The van der Waals surface area contributed by atoms with Crippen LogP contribution in [0.25, 0.3) is 17.0 Å². The Bertz CT molecular complexity index is 804. The minimum atomic E-state index is -1.52. The number of hydrogen-bond acceptors (Lipinski definition) is 6. The van der Waals surface area contributed by atoms with Gasteiger partial charge in [-0.2, -0.15) is 0 Å². The molecule has 0 aliphatic carbocycles. The second kappa shape index (κ2) is 4.61. The number of hydrogen-bond donors (Lipinski definition) is 3. The van der Waals surface area contributed by atoms with Crippen LogP contribution in [0.4, 0.5) is 0 Å². The Hall–Kier alpha value is -2.31. The number of phenolic OH excluding ortho intramolecular Hbond substituents is 1. The van der Waals surface area contributed by atoms with Crippen molar-refractivity contribution < 1.29 is 24.5 Å². The van der Waals surface area contributed by atoms with E-state index in [1.807, 2.05) is 0 Å². The van der Waals surface area contributed by atoms with Crippen molar-refractivity contribution in [2.45, 2.75) is 12.5 Å². The summed E-state index contributed by atoms with van der Waals surface area (Å²) in [6, 6.07) is 2.59. The molecule has 21 heavy (non-hydrogen) atoms. The lowest BCUT2D eigenvalue weighted by Gasteiger charge is -2.20. The van der Waals surface area contributed by atoms with Gasteiger partial charge in [-0.1, -0.05) is 0 Å². The molecule has 1 aromatic heterocycles. The summed E-state index contributed by atoms with van der Waals surface area (Å²) in [6.07, 6.45) is 2.90. The van der Waals surface area contributed by atoms with Crippen LogP contribution in [0.3, 0.4) is 0 Å². The fourth-order valence-electron chi connectivity index (χ4n) is 2.29. The molecule has 0 spiro atoms. The van der Waals surface area contributed by atoms with Gasteiger partial charge < -0.3 is 24.5 Å². The number of phenols is 1. The maximum atomic E-state index is 12.0. The molecule has 0 fully saturated rings. The SMILES string of the molecule is Cc1cc(=O)c2c(O)cc3c(c2o1)C=C[C@@](O)(CO)CO3. The molecule has 0 saturated carbocycles. The number of rotatable bonds is 1. The molecule has 1 atom stereocenters. The van der Waals surface area contributed by atoms with E-state index in [4.69, 9.17) is 9.15 Å². The number of benzene rings is 1. The van der Waals surface area contributed by atoms with Gasteiger partial charge in [0.05, 0.1) is 12.2 Å². The van der Waals surface area contributed by atoms with Gasteiger partial charge in [0.25, 0.3) is 0 Å². The van der Waals surface area contributed by atoms with E-state index in [2.05, 4.69) is 0 Å². The van der Waals surface area contributed by atoms with E-state index in [0.29, 0.717) is 11.3 Å². The van der Waals surface area contributed by atoms with Crippen molar-refractivity contribution in [3.05, 3.63) is 39.8 Å². The summed E-state index contributed by atoms with van der Waals surface area (Å²) in [5.41, 5.74) is -1.25. The predicted molar refractivity (Wildman–Crippen MR) is 75.5 cm³/mol. The summed E-state index contributed by atoms with van der Waals surface area (Å²) >= 11 is 0. The molecule has 3 rings (SSSR count). The van der Waals surface area contributed by atoms with E-state index in [0.717, 1.165) is 0 Å². The first-order chi connectivity index (χ1) is 9.93. The van der Waals surface area contributed by atoms with E-state index in [9.17, 15) is 20.1 Å². The van der Waals surface area contributed by atoms with Gasteiger partial charge in [-0.3, -0.25) is 4.79 Å². The third kappa shape index (κ3) is 2.18. The van der Waals surface area contributed by atoms with Gasteiger partial charge in [-0.15, -0.1) is 0 Å². The number of aromatic hydroxyl groups is 1. The molecule has 6 nitrogen and oxygen atoms in total. The second-order valence-electron chi connectivity index (χ2n) is 5.12. The zero-order chi connectivity index (χ0) is 15.2. The Morgan fingerprint density at radius 2 is 2.14 bits per heavy atom. The molecule has 110 valence electrons. The average Bonchev–Trinajstić information content (AvgIpc) is 2.59. The van der Waals surface area contributed by atoms with Crippen LogP contribution in [0.15, 0.2) is 27.4 Å². The monoisotopic (exact) mass is 290 g/mol. The lowest BCUT2D eigenvalue weighted by atomic mass is 10.0. The van der Waals surface area contributed by atoms with Gasteiger partial charge in [0.1, 0.15) is 34.9 Å². The Morgan fingerprint density at radius 1 is 1.38 bits per heavy atom. The van der Waals surface area contributed by atoms with Crippen LogP contribution in [-0.4, -0.2) is 34.1 Å². The lowest BCUT2D eigenvalue weighted by Crippen LogP contribution is -2.37. The van der Waals surface area contributed by atoms with Crippen molar-refractivity contribution in [3.8, 4) is 11.5 Å². The fourth-order valence-corrected chi connectivity index (χ4v) is 2.29. The topological polar surface area (TPSA) is 100 Å². The van der Waals surface area contributed by atoms with Crippen molar-refractivity contribution in [2.24, 2.45) is 0 Å². The highest BCUT2D eigenvalue weighted by molar-refractivity contribution is 5.93. The molecule has 0 radical (unpaired) electrons. The van der Waals surface area contributed by atoms with Crippen molar-refractivity contribution >= 4 is 17.0 Å². The molecule has 0 saturated heterocycles. The molecule has 1 aliphatic rings. The summed E-state index contributed by atoms with van der Waals surface area (Å²) < 4.78 is 11.0. The van der Waals surface area contributed by atoms with E-state index >= 15 is 0 Å². The molecule has 0 unspecified atom stereocenters. The van der Waals surface area contributed by atoms with Gasteiger partial charge in [-0.25, -0.2) is 0 Å². The van der Waals surface area contributed by atoms with Gasteiger partial charge in [-0.05, 0) is 19.1 Å². The minimum absolute atomic E-state index is 0.0574. The predicted octanol–water partition coefficient (Wildman–Crippen LogP) is 0.936. The summed E-state index contributed by atoms with van der Waals surface area (Å²) in [4.78, 5) is 12.0. The van der Waals surface area contributed by atoms with Crippen LogP contribution >= 0.6 is 0 Å². The average molecular weight is 290 g/mol. The highest BCUT2D eigenvalue weighted by Crippen LogP contribution is 2.37. The van der Waals surface area contributed by atoms with E-state index in [-0.39, 0.29) is 34.5 Å². The minimum Gasteiger partial charge on any atom is -0.507 e. The normalized spacial score (nSPS) is 20.9. The van der Waals surface area contributed by atoms with E-state index in [1.165, 1.54) is 24.3 Å². The molecule has 3 N–H and O–H groups in total. The van der Waals surface area contributed by atoms with Crippen LogP contribution in [0.5, 0.6) is 11.5 Å². The van der Waals surface area contributed by atoms with Crippen LogP contribution < -0.4 is 10.2 Å². The molecular formula is C15H14O6. The first-order valence-electron chi connectivity index (χ1n) is 6.39. The van der Waals surface area contributed by atoms with Gasteiger partial charge in [0, 0.05) is 12.1 Å². The summed E-state index contributed by atoms with van der Waals surface area (Å²) in [6.45, 7) is 0.945. The molecule has 1 aliphatic heterocycles. The Morgan fingerprint density at radius 3 is 2.86 bits per heavy atom. The standard InChI is InChI=1S/C15H14O6/c1-8-4-10(17)13-11(18)5-12-9(14(13)21-8)2-3-15(19,6-16)7-20-12/h2-5,16,18-19H,6-7H2,1H3/t15-/m1/s1. The molecule has 0 bridgehead atoms. The van der Waals surface area contributed by atoms with Crippen LogP contribution in [0, 0.1) is 6.92 Å². The zero-order valence-electron chi connectivity index (χ0n) is 11.3. The largest absolute Gasteiger partial charge is 0.507 e. The van der Waals surface area contributed by atoms with Crippen molar-refractivity contribution in [3.63, 3.8) is 0 Å². The maximum Gasteiger partial charge on any atom is 0.196 e. The number of ether oxygens (including phenoxy) is 1. The number of aliphatic hydroxyl groups excluding tert-OH is 1. The number of aryl methyl sites for hydroxylation is 1. The van der Waals surface area contributed by atoms with Crippen molar-refractivity contribution in [1.29, 1.82) is 0 Å². The molecule has 6 heteroatoms. The van der Waals surface area contributed by atoms with Crippen LogP contribution in [0.2, 0.25) is 0 Å². The van der Waals surface area contributed by atoms with Crippen LogP contribution in [-0.2, 0) is 0 Å². The highest BCUT2D eigenvalue weighted by atomic mass is 16.5. The summed E-state index contributed by atoms with van der Waals surface area (Å²) in [5.74, 6) is 0.421. The van der Waals surface area contributed by atoms with Gasteiger partial charge >= 0.3 is 0 Å². The molecule has 2 aromatic rings. The van der Waals surface area contributed by atoms with E-state index in [1.54, 1.807) is 6.92 Å². The molecule has 0 amide bonds. The quantitative estimate of drug-likeness (QED) is 0.722. The zero-order valence-corrected chi connectivity index (χ0v) is 11.3. The number of fused-ring (bicyclic) bond motifs is 3. The molecule has 2 heterocycles. The first kappa shape index (κ1) is 13.7. The molecule has 1 aromatic carbocycles. The summed E-state index contributed by atoms with van der Waals surface area (Å²) in [5, 5.41) is 29.3. The first-order valence-corrected chi connectivity index (χ1v) is 6.39. The van der Waals surface area contributed by atoms with E-state index < -0.39 is 12.2 Å². The lowest BCUT2D eigenvalue weighted by molar-refractivity contribution is -0.00750. The Kier molecular flexibility index (Phi) is 3.00. The fraction of sp³-hybridized carbons (Fsp3) is 0.267. The second-order valence-corrected chi connectivity index (χ2v) is 5.12. The third-order valence-corrected chi connectivity index (χ3v) is 3.42. The van der Waals surface area contributed by atoms with Crippen molar-refractivity contribution in [2.75, 3.05) is 13.2 Å². The van der Waals surface area contributed by atoms with Crippen molar-refractivity contribution in [1.82, 2.24) is 0 Å². The Labute approximate surface area is 119 Å². The smallest absolute Gasteiger partial charge is 0.196 e. The summed E-state index contributed by atoms with van der Waals surface area (Å²) in [7, 11) is 0. The third-order valence-electron chi connectivity index (χ3n) is 3.42. The number of aliphatic hydroxyl groups is 2. The highest BCUT2D eigenvalue weighted by Gasteiger charge is 2.28. The van der Waals surface area contributed by atoms with Crippen LogP contribution in [0.1, 0.15) is 11.3 Å². The molecular weight excluding hydrogens is 276 g/mol. The maximum absolute atomic E-state index is 12.0. The van der Waals surface area contributed by atoms with Gasteiger partial charge in [0.2, 0.25) is 0 Å². The Balaban J connectivity index is 2.34. The van der Waals surface area contributed by atoms with Gasteiger partial charge in [0.15, 0.2) is 11.0 Å².